The highest BCUT2D eigenvalue weighted by molar-refractivity contribution is 7.15. The topological polar surface area (TPSA) is 86.0 Å². The van der Waals surface area contributed by atoms with Crippen LogP contribution in [0.3, 0.4) is 0 Å². The molecule has 2 heterocycles. The Morgan fingerprint density at radius 1 is 1.37 bits per heavy atom. The van der Waals surface area contributed by atoms with Crippen LogP contribution in [0.1, 0.15) is 15.2 Å². The van der Waals surface area contributed by atoms with Crippen molar-refractivity contribution in [1.29, 1.82) is 0 Å². The van der Waals surface area contributed by atoms with Gasteiger partial charge in [-0.2, -0.15) is 0 Å². The van der Waals surface area contributed by atoms with Gasteiger partial charge in [0.15, 0.2) is 5.13 Å². The van der Waals surface area contributed by atoms with Crippen molar-refractivity contribution in [2.75, 3.05) is 5.32 Å². The number of rotatable bonds is 2. The minimum absolute atomic E-state index is 0.0996. The van der Waals surface area contributed by atoms with Gasteiger partial charge in [-0.15, -0.1) is 11.3 Å². The third kappa shape index (κ3) is 2.48. The average Bonchev–Trinajstić information content (AvgIpc) is 2.76. The van der Waals surface area contributed by atoms with Crippen LogP contribution in [0.2, 0.25) is 0 Å². The molecule has 2 rings (SSSR count). The predicted molar refractivity (Wildman–Crippen MR) is 71.7 cm³/mol. The molecule has 1 amide bonds. The van der Waals surface area contributed by atoms with Crippen molar-refractivity contribution < 1.29 is 4.79 Å². The highest BCUT2D eigenvalue weighted by Gasteiger charge is 2.15. The van der Waals surface area contributed by atoms with Crippen molar-refractivity contribution in [2.24, 2.45) is 14.1 Å². The number of hydrogen-bond donors (Lipinski definition) is 1. The summed E-state index contributed by atoms with van der Waals surface area (Å²) in [4.78, 5) is 40.3. The minimum atomic E-state index is -0.631. The third-order valence-corrected chi connectivity index (χ3v) is 3.36. The molecule has 0 unspecified atom stereocenters. The monoisotopic (exact) mass is 280 g/mol. The second-order valence-electron chi connectivity index (χ2n) is 4.03. The fraction of sp³-hybridized carbons (Fsp3) is 0.273. The summed E-state index contributed by atoms with van der Waals surface area (Å²) in [6.45, 7) is 1.86. The van der Waals surface area contributed by atoms with Crippen molar-refractivity contribution in [3.8, 4) is 0 Å². The molecule has 2 aromatic rings. The molecule has 8 heteroatoms. The maximum Gasteiger partial charge on any atom is 0.330 e. The van der Waals surface area contributed by atoms with Crippen LogP contribution in [0.15, 0.2) is 22.0 Å². The lowest BCUT2D eigenvalue weighted by atomic mass is 10.3. The van der Waals surface area contributed by atoms with Gasteiger partial charge in [-0.3, -0.25) is 19.5 Å². The van der Waals surface area contributed by atoms with Crippen LogP contribution in [0, 0.1) is 6.92 Å². The van der Waals surface area contributed by atoms with E-state index in [1.54, 1.807) is 6.20 Å². The molecule has 0 spiro atoms. The van der Waals surface area contributed by atoms with E-state index in [-0.39, 0.29) is 5.56 Å². The molecule has 0 fully saturated rings. The van der Waals surface area contributed by atoms with Gasteiger partial charge >= 0.3 is 5.69 Å². The highest BCUT2D eigenvalue weighted by Crippen LogP contribution is 2.16. The second kappa shape index (κ2) is 4.81. The van der Waals surface area contributed by atoms with Crippen LogP contribution in [0.25, 0.3) is 0 Å². The first kappa shape index (κ1) is 13.2. The Balaban J connectivity index is 2.40. The van der Waals surface area contributed by atoms with Crippen LogP contribution in [0.5, 0.6) is 0 Å². The number of aryl methyl sites for hydroxylation is 2. The zero-order valence-electron chi connectivity index (χ0n) is 10.6. The maximum absolute atomic E-state index is 12.0. The van der Waals surface area contributed by atoms with Crippen molar-refractivity contribution in [3.05, 3.63) is 43.7 Å². The van der Waals surface area contributed by atoms with E-state index in [2.05, 4.69) is 10.3 Å². The summed E-state index contributed by atoms with van der Waals surface area (Å²) in [7, 11) is 2.81. The van der Waals surface area contributed by atoms with Crippen LogP contribution in [-0.4, -0.2) is 20.0 Å². The lowest BCUT2D eigenvalue weighted by Gasteiger charge is -2.06. The quantitative estimate of drug-likeness (QED) is 0.845. The Morgan fingerprint density at radius 2 is 2.05 bits per heavy atom. The van der Waals surface area contributed by atoms with Gasteiger partial charge in [0.1, 0.15) is 5.56 Å². The smallest absolute Gasteiger partial charge is 0.303 e. The van der Waals surface area contributed by atoms with Crippen molar-refractivity contribution in [3.63, 3.8) is 0 Å². The summed E-state index contributed by atoms with van der Waals surface area (Å²) in [6, 6.07) is 0. The number of carbonyl (C=O) groups excluding carboxylic acids is 1. The van der Waals surface area contributed by atoms with Crippen LogP contribution in [-0.2, 0) is 14.1 Å². The van der Waals surface area contributed by atoms with Gasteiger partial charge in [0, 0.05) is 31.4 Å². The zero-order valence-corrected chi connectivity index (χ0v) is 11.4. The summed E-state index contributed by atoms with van der Waals surface area (Å²) in [6.07, 6.45) is 2.85. The SMILES string of the molecule is Cc1cnc(NC(=O)c2cn(C)c(=O)n(C)c2=O)s1. The number of aromatic nitrogens is 3. The Labute approximate surface area is 112 Å². The Morgan fingerprint density at radius 3 is 2.63 bits per heavy atom. The van der Waals surface area contributed by atoms with Crippen LogP contribution in [0.4, 0.5) is 5.13 Å². The van der Waals surface area contributed by atoms with Gasteiger partial charge in [0.25, 0.3) is 11.5 Å². The molecule has 100 valence electrons. The summed E-state index contributed by atoms with van der Waals surface area (Å²) in [5.41, 5.74) is -1.21. The molecule has 1 N–H and O–H groups in total. The van der Waals surface area contributed by atoms with E-state index in [4.69, 9.17) is 0 Å². The van der Waals surface area contributed by atoms with Crippen molar-refractivity contribution in [2.45, 2.75) is 6.92 Å². The Kier molecular flexibility index (Phi) is 3.34. The molecule has 0 saturated carbocycles. The predicted octanol–water partition coefficient (Wildman–Crippen LogP) is 0.101. The van der Waals surface area contributed by atoms with E-state index in [1.165, 1.54) is 36.2 Å². The van der Waals surface area contributed by atoms with E-state index in [0.717, 1.165) is 9.44 Å². The molecular formula is C11H12N4O3S. The van der Waals surface area contributed by atoms with Gasteiger partial charge in [0.05, 0.1) is 0 Å². The molecule has 0 atom stereocenters. The summed E-state index contributed by atoms with van der Waals surface area (Å²) < 4.78 is 2.07. The molecule has 0 aliphatic carbocycles. The fourth-order valence-electron chi connectivity index (χ4n) is 1.54. The largest absolute Gasteiger partial charge is 0.330 e. The third-order valence-electron chi connectivity index (χ3n) is 2.53. The molecule has 0 aromatic carbocycles. The first-order chi connectivity index (χ1) is 8.90. The standard InChI is InChI=1S/C11H12N4O3S/c1-6-4-12-10(19-6)13-8(16)7-5-14(2)11(18)15(3)9(7)17/h4-5H,1-3H3,(H,12,13,16). The molecular weight excluding hydrogens is 268 g/mol. The Bertz CT molecular complexity index is 756. The molecule has 7 nitrogen and oxygen atoms in total. The highest BCUT2D eigenvalue weighted by atomic mass is 32.1. The molecule has 19 heavy (non-hydrogen) atoms. The van der Waals surface area contributed by atoms with Crippen LogP contribution < -0.4 is 16.6 Å². The maximum atomic E-state index is 12.0. The number of amides is 1. The summed E-state index contributed by atoms with van der Waals surface area (Å²) in [5, 5.41) is 2.95. The van der Waals surface area contributed by atoms with Gasteiger partial charge in [-0.05, 0) is 6.92 Å². The number of carbonyl (C=O) groups is 1. The average molecular weight is 280 g/mol. The number of thiazole rings is 1. The number of hydrogen-bond acceptors (Lipinski definition) is 5. The van der Waals surface area contributed by atoms with Crippen molar-refractivity contribution >= 4 is 22.4 Å². The van der Waals surface area contributed by atoms with Crippen LogP contribution >= 0.6 is 11.3 Å². The van der Waals surface area contributed by atoms with Gasteiger partial charge in [0.2, 0.25) is 0 Å². The number of nitrogens with zero attached hydrogens (tertiary/aromatic N) is 3. The first-order valence-corrected chi connectivity index (χ1v) is 6.22. The lowest BCUT2D eigenvalue weighted by molar-refractivity contribution is 0.102. The molecule has 0 radical (unpaired) electrons. The molecule has 0 aliphatic rings. The molecule has 0 aliphatic heterocycles. The molecule has 0 bridgehead atoms. The normalized spacial score (nSPS) is 10.5. The zero-order chi connectivity index (χ0) is 14.2. The van der Waals surface area contributed by atoms with E-state index in [9.17, 15) is 14.4 Å². The summed E-state index contributed by atoms with van der Waals surface area (Å²) >= 11 is 1.31. The fourth-order valence-corrected chi connectivity index (χ4v) is 2.20. The van der Waals surface area contributed by atoms with E-state index in [1.807, 2.05) is 6.92 Å². The van der Waals surface area contributed by atoms with Gasteiger partial charge in [-0.1, -0.05) is 0 Å². The van der Waals surface area contributed by atoms with E-state index in [0.29, 0.717) is 5.13 Å². The van der Waals surface area contributed by atoms with Crippen molar-refractivity contribution in [1.82, 2.24) is 14.1 Å². The molecule has 2 aromatic heterocycles. The lowest BCUT2D eigenvalue weighted by Crippen LogP contribution is -2.40. The van der Waals surface area contributed by atoms with Gasteiger partial charge in [-0.25, -0.2) is 9.78 Å². The minimum Gasteiger partial charge on any atom is -0.303 e. The first-order valence-electron chi connectivity index (χ1n) is 5.40. The van der Waals surface area contributed by atoms with E-state index >= 15 is 0 Å². The Hall–Kier alpha value is -2.22. The summed E-state index contributed by atoms with van der Waals surface area (Å²) in [5.74, 6) is -0.578. The van der Waals surface area contributed by atoms with E-state index < -0.39 is 17.2 Å². The number of nitrogens with one attached hydrogen (secondary N) is 1. The second-order valence-corrected chi connectivity index (χ2v) is 5.27. The van der Waals surface area contributed by atoms with Gasteiger partial charge < -0.3 is 4.57 Å². The molecule has 0 saturated heterocycles. The number of anilines is 1.